The Morgan fingerprint density at radius 1 is 1.43 bits per heavy atom. The van der Waals surface area contributed by atoms with Crippen molar-refractivity contribution in [3.05, 3.63) is 28.3 Å². The third-order valence-electron chi connectivity index (χ3n) is 4.00. The molecule has 1 fully saturated rings. The van der Waals surface area contributed by atoms with Gasteiger partial charge in [-0.1, -0.05) is 0 Å². The van der Waals surface area contributed by atoms with Gasteiger partial charge in [-0.15, -0.1) is 0 Å². The second-order valence-corrected chi connectivity index (χ2v) is 5.45. The van der Waals surface area contributed by atoms with Crippen LogP contribution in [0.2, 0.25) is 0 Å². The number of rotatable bonds is 5. The summed E-state index contributed by atoms with van der Waals surface area (Å²) in [6.45, 7) is 5.04. The molecule has 0 amide bonds. The fraction of sp³-hybridized carbons (Fsp3) is 0.600. The number of nitrogens with two attached hydrogens (primary N) is 1. The van der Waals surface area contributed by atoms with Crippen LogP contribution in [0.4, 0.5) is 11.4 Å². The fourth-order valence-electron chi connectivity index (χ4n) is 3.06. The van der Waals surface area contributed by atoms with Crippen molar-refractivity contribution in [3.8, 4) is 5.75 Å². The van der Waals surface area contributed by atoms with Gasteiger partial charge in [-0.2, -0.15) is 0 Å². The highest BCUT2D eigenvalue weighted by Gasteiger charge is 2.28. The van der Waals surface area contributed by atoms with E-state index in [0.717, 1.165) is 24.9 Å². The molecule has 0 spiro atoms. The van der Waals surface area contributed by atoms with E-state index in [1.807, 2.05) is 13.0 Å². The van der Waals surface area contributed by atoms with E-state index >= 15 is 0 Å². The summed E-state index contributed by atoms with van der Waals surface area (Å²) >= 11 is 0. The molecule has 6 heteroatoms. The number of nitro groups is 1. The van der Waals surface area contributed by atoms with Gasteiger partial charge in [-0.25, -0.2) is 0 Å². The average Bonchev–Trinajstić information content (AvgIpc) is 2.46. The molecule has 2 N–H and O–H groups in total. The molecule has 1 aromatic carbocycles. The molecule has 2 unspecified atom stereocenters. The number of hydrogen-bond donors (Lipinski definition) is 1. The van der Waals surface area contributed by atoms with Crippen LogP contribution in [0, 0.1) is 10.1 Å². The minimum absolute atomic E-state index is 0.0597. The van der Waals surface area contributed by atoms with Crippen LogP contribution >= 0.6 is 0 Å². The molecule has 0 saturated carbocycles. The number of nitro benzene ring substituents is 1. The van der Waals surface area contributed by atoms with Crippen LogP contribution in [-0.2, 0) is 0 Å². The average molecular weight is 293 g/mol. The van der Waals surface area contributed by atoms with Gasteiger partial charge in [0.2, 0.25) is 0 Å². The molecule has 0 aromatic heterocycles. The van der Waals surface area contributed by atoms with E-state index in [0.29, 0.717) is 24.9 Å². The molecule has 2 atom stereocenters. The van der Waals surface area contributed by atoms with Gasteiger partial charge in [0.1, 0.15) is 5.75 Å². The Bertz CT molecular complexity index is 507. The Balaban J connectivity index is 2.42. The summed E-state index contributed by atoms with van der Waals surface area (Å²) in [6.07, 6.45) is 3.24. The van der Waals surface area contributed by atoms with Crippen LogP contribution in [0.3, 0.4) is 0 Å². The summed E-state index contributed by atoms with van der Waals surface area (Å²) in [7, 11) is 0. The van der Waals surface area contributed by atoms with E-state index < -0.39 is 0 Å². The van der Waals surface area contributed by atoms with Crippen LogP contribution in [-0.4, -0.2) is 30.2 Å². The standard InChI is InChI=1S/C15H23N3O3/c1-3-21-15-8-13(7-14(9-15)18(19)20)17-11(2)5-4-6-12(17)10-16/h7-9,11-12H,3-6,10,16H2,1-2H3. The molecule has 1 aliphatic heterocycles. The van der Waals surface area contributed by atoms with Crippen LogP contribution in [0.25, 0.3) is 0 Å². The molecule has 1 aromatic rings. The van der Waals surface area contributed by atoms with Gasteiger partial charge in [-0.05, 0) is 33.1 Å². The summed E-state index contributed by atoms with van der Waals surface area (Å²) in [5.41, 5.74) is 6.77. The monoisotopic (exact) mass is 293 g/mol. The first kappa shape index (κ1) is 15.6. The highest BCUT2D eigenvalue weighted by molar-refractivity contribution is 5.59. The number of nitrogens with zero attached hydrogens (tertiary/aromatic N) is 2. The van der Waals surface area contributed by atoms with Crippen molar-refractivity contribution >= 4 is 11.4 Å². The van der Waals surface area contributed by atoms with Crippen LogP contribution in [0.1, 0.15) is 33.1 Å². The van der Waals surface area contributed by atoms with Crippen molar-refractivity contribution < 1.29 is 9.66 Å². The third-order valence-corrected chi connectivity index (χ3v) is 4.00. The highest BCUT2D eigenvalue weighted by Crippen LogP contribution is 2.34. The van der Waals surface area contributed by atoms with Crippen molar-refractivity contribution in [2.45, 2.75) is 45.2 Å². The number of piperidine rings is 1. The largest absolute Gasteiger partial charge is 0.494 e. The molecule has 2 rings (SSSR count). The lowest BCUT2D eigenvalue weighted by molar-refractivity contribution is -0.384. The fourth-order valence-corrected chi connectivity index (χ4v) is 3.06. The molecular weight excluding hydrogens is 270 g/mol. The molecule has 21 heavy (non-hydrogen) atoms. The molecule has 116 valence electrons. The topological polar surface area (TPSA) is 81.6 Å². The molecule has 0 radical (unpaired) electrons. The smallest absolute Gasteiger partial charge is 0.275 e. The predicted molar refractivity (Wildman–Crippen MR) is 82.9 cm³/mol. The predicted octanol–water partition coefficient (Wildman–Crippen LogP) is 2.70. The van der Waals surface area contributed by atoms with Gasteiger partial charge in [0.25, 0.3) is 5.69 Å². The summed E-state index contributed by atoms with van der Waals surface area (Å²) < 4.78 is 5.47. The Morgan fingerprint density at radius 3 is 2.81 bits per heavy atom. The van der Waals surface area contributed by atoms with E-state index in [1.54, 1.807) is 6.07 Å². The zero-order valence-corrected chi connectivity index (χ0v) is 12.6. The quantitative estimate of drug-likeness (QED) is 0.666. The SMILES string of the molecule is CCOc1cc(N2C(C)CCCC2CN)cc([N+](=O)[O-])c1. The Kier molecular flexibility index (Phi) is 5.01. The first-order valence-electron chi connectivity index (χ1n) is 7.47. The molecular formula is C15H23N3O3. The lowest BCUT2D eigenvalue weighted by Gasteiger charge is -2.42. The molecule has 1 saturated heterocycles. The van der Waals surface area contributed by atoms with Crippen LogP contribution in [0.5, 0.6) is 5.75 Å². The Morgan fingerprint density at radius 2 is 2.19 bits per heavy atom. The first-order valence-corrected chi connectivity index (χ1v) is 7.47. The number of anilines is 1. The Labute approximate surface area is 125 Å². The Hall–Kier alpha value is -1.82. The van der Waals surface area contributed by atoms with E-state index in [2.05, 4.69) is 11.8 Å². The van der Waals surface area contributed by atoms with Crippen molar-refractivity contribution in [2.75, 3.05) is 18.1 Å². The van der Waals surface area contributed by atoms with Crippen molar-refractivity contribution in [1.29, 1.82) is 0 Å². The molecule has 0 aliphatic carbocycles. The van der Waals surface area contributed by atoms with Gasteiger partial charge < -0.3 is 15.4 Å². The molecule has 1 heterocycles. The van der Waals surface area contributed by atoms with Crippen molar-refractivity contribution in [1.82, 2.24) is 0 Å². The minimum Gasteiger partial charge on any atom is -0.494 e. The number of ether oxygens (including phenoxy) is 1. The summed E-state index contributed by atoms with van der Waals surface area (Å²) in [5.74, 6) is 0.537. The van der Waals surface area contributed by atoms with Crippen molar-refractivity contribution in [3.63, 3.8) is 0 Å². The lowest BCUT2D eigenvalue weighted by atomic mass is 9.95. The van der Waals surface area contributed by atoms with Gasteiger partial charge in [0.05, 0.1) is 17.6 Å². The van der Waals surface area contributed by atoms with Gasteiger partial charge in [0.15, 0.2) is 0 Å². The van der Waals surface area contributed by atoms with E-state index in [9.17, 15) is 10.1 Å². The normalized spacial score (nSPS) is 22.1. The zero-order chi connectivity index (χ0) is 15.4. The van der Waals surface area contributed by atoms with Gasteiger partial charge >= 0.3 is 0 Å². The molecule has 6 nitrogen and oxygen atoms in total. The van der Waals surface area contributed by atoms with Crippen LogP contribution in [0.15, 0.2) is 18.2 Å². The van der Waals surface area contributed by atoms with Crippen LogP contribution < -0.4 is 15.4 Å². The van der Waals surface area contributed by atoms with Gasteiger partial charge in [-0.3, -0.25) is 10.1 Å². The maximum Gasteiger partial charge on any atom is 0.275 e. The molecule has 0 bridgehead atoms. The first-order chi connectivity index (χ1) is 10.1. The summed E-state index contributed by atoms with van der Waals surface area (Å²) in [4.78, 5) is 13.0. The van der Waals surface area contributed by atoms with E-state index in [4.69, 9.17) is 10.5 Å². The zero-order valence-electron chi connectivity index (χ0n) is 12.6. The van der Waals surface area contributed by atoms with E-state index in [-0.39, 0.29) is 16.7 Å². The van der Waals surface area contributed by atoms with Gasteiger partial charge in [0, 0.05) is 36.4 Å². The summed E-state index contributed by atoms with van der Waals surface area (Å²) in [5, 5.41) is 11.1. The number of hydrogen-bond acceptors (Lipinski definition) is 5. The second-order valence-electron chi connectivity index (χ2n) is 5.45. The summed E-state index contributed by atoms with van der Waals surface area (Å²) in [6, 6.07) is 5.52. The number of benzene rings is 1. The van der Waals surface area contributed by atoms with Crippen molar-refractivity contribution in [2.24, 2.45) is 5.73 Å². The number of non-ortho nitro benzene ring substituents is 1. The molecule has 1 aliphatic rings. The maximum absolute atomic E-state index is 11.1. The minimum atomic E-state index is -0.377. The maximum atomic E-state index is 11.1. The second kappa shape index (κ2) is 6.76. The van der Waals surface area contributed by atoms with E-state index in [1.165, 1.54) is 6.07 Å². The third kappa shape index (κ3) is 3.44. The lowest BCUT2D eigenvalue weighted by Crippen LogP contribution is -2.49. The highest BCUT2D eigenvalue weighted by atomic mass is 16.6.